The highest BCUT2D eigenvalue weighted by Crippen LogP contribution is 2.24. The molecule has 0 heterocycles. The molecule has 96 valence electrons. The molecular weight excluding hydrogens is 248 g/mol. The monoisotopic (exact) mass is 264 g/mol. The van der Waals surface area contributed by atoms with Gasteiger partial charge in [0.05, 0.1) is 19.1 Å². The summed E-state index contributed by atoms with van der Waals surface area (Å²) in [7, 11) is 3.24. The number of esters is 1. The molecule has 0 aliphatic rings. The van der Waals surface area contributed by atoms with Gasteiger partial charge in [-0.15, -0.1) is 11.8 Å². The lowest BCUT2D eigenvalue weighted by atomic mass is 10.1. The number of rotatable bonds is 6. The van der Waals surface area contributed by atoms with E-state index in [-0.39, 0.29) is 5.97 Å². The first-order valence-corrected chi connectivity index (χ1v) is 6.57. The highest BCUT2D eigenvalue weighted by Gasteiger charge is 2.06. The molecule has 5 heteroatoms. The first-order valence-electron chi connectivity index (χ1n) is 5.58. The molecule has 18 heavy (non-hydrogen) atoms. The van der Waals surface area contributed by atoms with Crippen LogP contribution in [0.5, 0.6) is 0 Å². The predicted octanol–water partition coefficient (Wildman–Crippen LogP) is 1.93. The van der Waals surface area contributed by atoms with Crippen LogP contribution in [-0.2, 0) is 16.1 Å². The van der Waals surface area contributed by atoms with Gasteiger partial charge in [0.2, 0.25) is 0 Å². The fourth-order valence-corrected chi connectivity index (χ4v) is 2.36. The molecular formula is C13H16N2O2S. The van der Waals surface area contributed by atoms with Gasteiger partial charge in [-0.25, -0.2) is 0 Å². The van der Waals surface area contributed by atoms with Gasteiger partial charge in [0.1, 0.15) is 6.07 Å². The average Bonchev–Trinajstić information content (AvgIpc) is 2.40. The lowest BCUT2D eigenvalue weighted by Gasteiger charge is -2.06. The van der Waals surface area contributed by atoms with Crippen LogP contribution in [0.1, 0.15) is 17.5 Å². The zero-order valence-electron chi connectivity index (χ0n) is 10.5. The standard InChI is InChI=1S/C13H16N2O2S/c1-15-9-10-3-4-12(11(7-10)8-14)18-6-5-13(16)17-2/h3-4,7,15H,5-6,9H2,1-2H3. The van der Waals surface area contributed by atoms with E-state index in [2.05, 4.69) is 16.1 Å². The lowest BCUT2D eigenvalue weighted by molar-refractivity contribution is -0.140. The molecule has 0 aliphatic carbocycles. The number of hydrogen-bond donors (Lipinski definition) is 1. The average molecular weight is 264 g/mol. The lowest BCUT2D eigenvalue weighted by Crippen LogP contribution is -2.05. The minimum atomic E-state index is -0.229. The highest BCUT2D eigenvalue weighted by atomic mass is 32.2. The Labute approximate surface area is 111 Å². The van der Waals surface area contributed by atoms with Crippen LogP contribution in [0.2, 0.25) is 0 Å². The fourth-order valence-electron chi connectivity index (χ4n) is 1.45. The van der Waals surface area contributed by atoms with Crippen LogP contribution >= 0.6 is 11.8 Å². The van der Waals surface area contributed by atoms with Crippen molar-refractivity contribution in [3.63, 3.8) is 0 Å². The summed E-state index contributed by atoms with van der Waals surface area (Å²) in [5, 5.41) is 12.1. The van der Waals surface area contributed by atoms with Crippen molar-refractivity contribution in [2.45, 2.75) is 17.9 Å². The smallest absolute Gasteiger partial charge is 0.306 e. The third-order valence-electron chi connectivity index (χ3n) is 2.34. The number of carbonyl (C=O) groups is 1. The number of nitriles is 1. The third-order valence-corrected chi connectivity index (χ3v) is 3.41. The quantitative estimate of drug-likeness (QED) is 0.628. The van der Waals surface area contributed by atoms with Crippen molar-refractivity contribution in [2.75, 3.05) is 19.9 Å². The van der Waals surface area contributed by atoms with Gasteiger partial charge in [0.15, 0.2) is 0 Å². The number of methoxy groups -OCH3 is 1. The van der Waals surface area contributed by atoms with E-state index >= 15 is 0 Å². The second-order valence-electron chi connectivity index (χ2n) is 3.65. The zero-order chi connectivity index (χ0) is 13.4. The van der Waals surface area contributed by atoms with Crippen LogP contribution in [-0.4, -0.2) is 25.9 Å². The Morgan fingerprint density at radius 3 is 2.94 bits per heavy atom. The van der Waals surface area contributed by atoms with Gasteiger partial charge in [-0.1, -0.05) is 6.07 Å². The summed E-state index contributed by atoms with van der Waals surface area (Å²) >= 11 is 1.50. The normalized spacial score (nSPS) is 9.83. The Hall–Kier alpha value is -1.51. The van der Waals surface area contributed by atoms with Crippen molar-refractivity contribution < 1.29 is 9.53 Å². The zero-order valence-corrected chi connectivity index (χ0v) is 11.3. The van der Waals surface area contributed by atoms with E-state index in [4.69, 9.17) is 5.26 Å². The number of benzene rings is 1. The molecule has 1 aromatic carbocycles. The van der Waals surface area contributed by atoms with Crippen molar-refractivity contribution in [2.24, 2.45) is 0 Å². The molecule has 1 aromatic rings. The van der Waals surface area contributed by atoms with E-state index in [9.17, 15) is 4.79 Å². The summed E-state index contributed by atoms with van der Waals surface area (Å²) in [4.78, 5) is 11.9. The Kier molecular flexibility index (Phi) is 6.26. The molecule has 0 saturated heterocycles. The molecule has 0 atom stereocenters. The number of carbonyl (C=O) groups excluding carboxylic acids is 1. The first kappa shape index (κ1) is 14.6. The van der Waals surface area contributed by atoms with Crippen LogP contribution in [0, 0.1) is 11.3 Å². The summed E-state index contributed by atoms with van der Waals surface area (Å²) in [5.74, 6) is 0.389. The molecule has 0 unspecified atom stereocenters. The van der Waals surface area contributed by atoms with Gasteiger partial charge >= 0.3 is 5.97 Å². The topological polar surface area (TPSA) is 62.1 Å². The van der Waals surface area contributed by atoms with E-state index in [0.29, 0.717) is 17.7 Å². The van der Waals surface area contributed by atoms with Gasteiger partial charge in [-0.3, -0.25) is 4.79 Å². The molecule has 0 spiro atoms. The predicted molar refractivity (Wildman–Crippen MR) is 71.3 cm³/mol. The largest absolute Gasteiger partial charge is 0.469 e. The Morgan fingerprint density at radius 2 is 2.33 bits per heavy atom. The van der Waals surface area contributed by atoms with Gasteiger partial charge in [-0.2, -0.15) is 5.26 Å². The molecule has 0 bridgehead atoms. The minimum absolute atomic E-state index is 0.229. The number of nitrogens with one attached hydrogen (secondary N) is 1. The minimum Gasteiger partial charge on any atom is -0.469 e. The summed E-state index contributed by atoms with van der Waals surface area (Å²) in [5.41, 5.74) is 1.73. The molecule has 1 rings (SSSR count). The number of hydrogen-bond acceptors (Lipinski definition) is 5. The molecule has 0 amide bonds. The molecule has 0 aromatic heterocycles. The van der Waals surface area contributed by atoms with Crippen molar-refractivity contribution in [3.05, 3.63) is 29.3 Å². The Bertz CT molecular complexity index is 455. The second-order valence-corrected chi connectivity index (χ2v) is 4.78. The fraction of sp³-hybridized carbons (Fsp3) is 0.385. The van der Waals surface area contributed by atoms with Crippen LogP contribution in [0.4, 0.5) is 0 Å². The number of ether oxygens (including phenoxy) is 1. The van der Waals surface area contributed by atoms with E-state index in [1.807, 2.05) is 25.2 Å². The van der Waals surface area contributed by atoms with Crippen molar-refractivity contribution in [1.29, 1.82) is 5.26 Å². The van der Waals surface area contributed by atoms with Gasteiger partial charge in [-0.05, 0) is 24.7 Å². The van der Waals surface area contributed by atoms with E-state index in [0.717, 1.165) is 17.0 Å². The summed E-state index contributed by atoms with van der Waals surface area (Å²) < 4.78 is 4.57. The maximum absolute atomic E-state index is 11.0. The van der Waals surface area contributed by atoms with Gasteiger partial charge < -0.3 is 10.1 Å². The van der Waals surface area contributed by atoms with Crippen LogP contribution in [0.3, 0.4) is 0 Å². The van der Waals surface area contributed by atoms with Gasteiger partial charge in [0, 0.05) is 17.2 Å². The van der Waals surface area contributed by atoms with Gasteiger partial charge in [0.25, 0.3) is 0 Å². The number of nitrogens with zero attached hydrogens (tertiary/aromatic N) is 1. The second kappa shape index (κ2) is 7.75. The Balaban J connectivity index is 2.65. The van der Waals surface area contributed by atoms with Crippen LogP contribution in [0.15, 0.2) is 23.1 Å². The Morgan fingerprint density at radius 1 is 1.56 bits per heavy atom. The molecule has 0 saturated carbocycles. The SMILES string of the molecule is CNCc1ccc(SCCC(=O)OC)c(C#N)c1. The van der Waals surface area contributed by atoms with Crippen molar-refractivity contribution in [3.8, 4) is 6.07 Å². The molecule has 1 N–H and O–H groups in total. The summed E-state index contributed by atoms with van der Waals surface area (Å²) in [6, 6.07) is 7.96. The van der Waals surface area contributed by atoms with Crippen LogP contribution in [0.25, 0.3) is 0 Å². The highest BCUT2D eigenvalue weighted by molar-refractivity contribution is 7.99. The molecule has 0 radical (unpaired) electrons. The number of thioether (sulfide) groups is 1. The van der Waals surface area contributed by atoms with Crippen LogP contribution < -0.4 is 5.32 Å². The van der Waals surface area contributed by atoms with E-state index < -0.39 is 0 Å². The maximum atomic E-state index is 11.0. The maximum Gasteiger partial charge on any atom is 0.306 e. The molecule has 0 aliphatic heterocycles. The van der Waals surface area contributed by atoms with E-state index in [1.165, 1.54) is 18.9 Å². The van der Waals surface area contributed by atoms with Crippen molar-refractivity contribution >= 4 is 17.7 Å². The van der Waals surface area contributed by atoms with Crippen molar-refractivity contribution in [1.82, 2.24) is 5.32 Å². The third kappa shape index (κ3) is 4.40. The summed E-state index contributed by atoms with van der Waals surface area (Å²) in [6.45, 7) is 0.738. The molecule has 4 nitrogen and oxygen atoms in total. The summed E-state index contributed by atoms with van der Waals surface area (Å²) in [6.07, 6.45) is 0.351. The molecule has 0 fully saturated rings. The first-order chi connectivity index (χ1) is 8.71. The van der Waals surface area contributed by atoms with E-state index in [1.54, 1.807) is 0 Å².